The number of rotatable bonds is 9. The quantitative estimate of drug-likeness (QED) is 0.480. The van der Waals surface area contributed by atoms with Crippen LogP contribution in [0.2, 0.25) is 0 Å². The van der Waals surface area contributed by atoms with Crippen molar-refractivity contribution in [2.75, 3.05) is 21.3 Å². The average Bonchev–Trinajstić information content (AvgIpc) is 3.13. The van der Waals surface area contributed by atoms with E-state index in [1.165, 1.54) is 0 Å². The summed E-state index contributed by atoms with van der Waals surface area (Å²) < 4.78 is 32.5. The molecular weight excluding hydrogens is 268 g/mol. The maximum absolute atomic E-state index is 5.80. The summed E-state index contributed by atoms with van der Waals surface area (Å²) in [6.45, 7) is 5.60. The molecule has 0 bridgehead atoms. The molecule has 0 amide bonds. The lowest BCUT2D eigenvalue weighted by Gasteiger charge is -2.31. The fourth-order valence-electron chi connectivity index (χ4n) is 1.64. The second kappa shape index (κ2) is 6.95. The van der Waals surface area contributed by atoms with Gasteiger partial charge in [0.2, 0.25) is 0 Å². The molecule has 0 radical (unpaired) electrons. The Morgan fingerprint density at radius 3 is 2.11 bits per heavy atom. The smallest absolute Gasteiger partial charge is 0.457 e. The van der Waals surface area contributed by atoms with Crippen LogP contribution in [0.3, 0.4) is 0 Å². The van der Waals surface area contributed by atoms with Crippen LogP contribution in [0.5, 0.6) is 0 Å². The Kier molecular flexibility index (Phi) is 5.86. The van der Waals surface area contributed by atoms with Gasteiger partial charge in [-0.2, -0.15) is 0 Å². The van der Waals surface area contributed by atoms with E-state index in [2.05, 4.69) is 0 Å². The minimum atomic E-state index is -2.87. The van der Waals surface area contributed by atoms with Gasteiger partial charge in [-0.15, -0.1) is 0 Å². The number of hydrogen-bond donors (Lipinski definition) is 0. The van der Waals surface area contributed by atoms with Crippen molar-refractivity contribution >= 4 is 8.80 Å². The molecule has 7 heteroatoms. The van der Waals surface area contributed by atoms with Crippen molar-refractivity contribution in [2.45, 2.75) is 32.9 Å². The summed E-state index contributed by atoms with van der Waals surface area (Å²) in [6.07, 6.45) is 2.38. The Hall–Kier alpha value is -1.02. The number of allylic oxidation sites excluding steroid dienone is 2. The van der Waals surface area contributed by atoms with Crippen molar-refractivity contribution in [2.24, 2.45) is 0 Å². The van der Waals surface area contributed by atoms with Gasteiger partial charge in [-0.3, -0.25) is 0 Å². The molecule has 1 unspecified atom stereocenters. The topological polar surface area (TPSA) is 58.7 Å². The van der Waals surface area contributed by atoms with Gasteiger partial charge in [0.15, 0.2) is 11.5 Å². The van der Waals surface area contributed by atoms with Crippen molar-refractivity contribution in [3.8, 4) is 0 Å². The van der Waals surface area contributed by atoms with E-state index in [0.717, 1.165) is 5.76 Å². The van der Waals surface area contributed by atoms with Crippen molar-refractivity contribution in [1.82, 2.24) is 0 Å². The zero-order valence-corrected chi connectivity index (χ0v) is 13.3. The molecule has 1 aliphatic rings. The Balaban J connectivity index is 2.73. The molecule has 1 rings (SSSR count). The first-order valence-corrected chi connectivity index (χ1v) is 7.92. The summed E-state index contributed by atoms with van der Waals surface area (Å²) in [4.78, 5) is 0. The highest BCUT2D eigenvalue weighted by molar-refractivity contribution is 6.62. The Labute approximate surface area is 115 Å². The second-order valence-corrected chi connectivity index (χ2v) is 6.96. The number of hydrogen-bond acceptors (Lipinski definition) is 6. The van der Waals surface area contributed by atoms with Crippen LogP contribution in [0.15, 0.2) is 23.7 Å². The summed E-state index contributed by atoms with van der Waals surface area (Å²) in [5.74, 6) is 1.58. The van der Waals surface area contributed by atoms with Crippen LogP contribution in [0.1, 0.15) is 27.2 Å². The average molecular weight is 290 g/mol. The van der Waals surface area contributed by atoms with Crippen molar-refractivity contribution in [1.29, 1.82) is 0 Å². The van der Waals surface area contributed by atoms with E-state index >= 15 is 0 Å². The highest BCUT2D eigenvalue weighted by Crippen LogP contribution is 2.30. The van der Waals surface area contributed by atoms with Gasteiger partial charge in [0.1, 0.15) is 0 Å². The van der Waals surface area contributed by atoms with Crippen molar-refractivity contribution in [3.63, 3.8) is 0 Å². The number of ether oxygens (including phenoxy) is 3. The summed E-state index contributed by atoms with van der Waals surface area (Å²) in [5.41, 5.74) is -0.349. The first kappa shape index (κ1) is 16.0. The summed E-state index contributed by atoms with van der Waals surface area (Å²) >= 11 is 0. The van der Waals surface area contributed by atoms with Gasteiger partial charge in [-0.25, -0.2) is 0 Å². The van der Waals surface area contributed by atoms with Crippen LogP contribution in [-0.2, 0) is 27.5 Å². The van der Waals surface area contributed by atoms with Gasteiger partial charge >= 0.3 is 14.7 Å². The molecule has 0 aromatic rings. The van der Waals surface area contributed by atoms with E-state index < -0.39 is 8.80 Å². The van der Waals surface area contributed by atoms with E-state index in [0.29, 0.717) is 18.3 Å². The third kappa shape index (κ3) is 3.72. The molecule has 0 spiro atoms. The highest BCUT2D eigenvalue weighted by Gasteiger charge is 2.49. The molecule has 0 N–H and O–H groups in total. The lowest BCUT2D eigenvalue weighted by molar-refractivity contribution is -0.0140. The lowest BCUT2D eigenvalue weighted by Crippen LogP contribution is -2.55. The minimum Gasteiger partial charge on any atom is -0.457 e. The minimum absolute atomic E-state index is 0.349. The molecule has 19 heavy (non-hydrogen) atoms. The maximum Gasteiger partial charge on any atom is 0.543 e. The molecule has 0 saturated heterocycles. The monoisotopic (exact) mass is 290 g/mol. The molecule has 1 atom stereocenters. The zero-order chi connectivity index (χ0) is 14.5. The van der Waals surface area contributed by atoms with E-state index in [9.17, 15) is 0 Å². The molecule has 0 saturated carbocycles. The SMILES string of the molecule is C/C=C(\OC1=C(C)O1)OC(CC)[Si](OC)(OC)OC. The molecular formula is C12H22O6Si. The fraction of sp³-hybridized carbons (Fsp3) is 0.667. The summed E-state index contributed by atoms with van der Waals surface area (Å²) in [6, 6.07) is 0. The molecule has 6 nitrogen and oxygen atoms in total. The van der Waals surface area contributed by atoms with Crippen LogP contribution in [0.25, 0.3) is 0 Å². The van der Waals surface area contributed by atoms with E-state index in [1.54, 1.807) is 27.4 Å². The second-order valence-electron chi connectivity index (χ2n) is 3.89. The third-order valence-electron chi connectivity index (χ3n) is 2.80. The summed E-state index contributed by atoms with van der Waals surface area (Å²) in [5, 5.41) is 0. The largest absolute Gasteiger partial charge is 0.543 e. The van der Waals surface area contributed by atoms with Gasteiger partial charge in [0, 0.05) is 28.3 Å². The van der Waals surface area contributed by atoms with Gasteiger partial charge in [0.25, 0.3) is 5.95 Å². The molecule has 0 fully saturated rings. The van der Waals surface area contributed by atoms with E-state index in [1.807, 2.05) is 20.8 Å². The molecule has 1 heterocycles. The normalized spacial score (nSPS) is 17.1. The lowest BCUT2D eigenvalue weighted by atomic mass is 10.5. The van der Waals surface area contributed by atoms with Gasteiger partial charge in [-0.1, -0.05) is 6.92 Å². The highest BCUT2D eigenvalue weighted by atomic mass is 28.4. The van der Waals surface area contributed by atoms with Crippen molar-refractivity contribution in [3.05, 3.63) is 23.7 Å². The van der Waals surface area contributed by atoms with Gasteiger partial charge < -0.3 is 27.5 Å². The Morgan fingerprint density at radius 2 is 1.79 bits per heavy atom. The van der Waals surface area contributed by atoms with Gasteiger partial charge in [0.05, 0.1) is 0 Å². The van der Waals surface area contributed by atoms with Crippen LogP contribution in [-0.4, -0.2) is 35.9 Å². The Morgan fingerprint density at radius 1 is 1.26 bits per heavy atom. The molecule has 0 aromatic heterocycles. The molecule has 0 aromatic carbocycles. The standard InChI is InChI=1S/C12H22O6Si/c1-7-10(18-12-9(3)16-12)17-11(8-2)19(13-4,14-5)15-6/h7,11H,8H2,1-6H3/b10-7-. The fourth-order valence-corrected chi connectivity index (χ4v) is 3.69. The zero-order valence-electron chi connectivity index (χ0n) is 12.3. The molecule has 0 aliphatic carbocycles. The van der Waals surface area contributed by atoms with E-state index in [4.69, 9.17) is 27.5 Å². The van der Waals surface area contributed by atoms with Crippen LogP contribution in [0.4, 0.5) is 0 Å². The Bertz CT molecular complexity index is 353. The van der Waals surface area contributed by atoms with Gasteiger partial charge in [-0.05, 0) is 19.4 Å². The maximum atomic E-state index is 5.80. The first-order valence-electron chi connectivity index (χ1n) is 6.11. The third-order valence-corrected chi connectivity index (χ3v) is 5.82. The van der Waals surface area contributed by atoms with Crippen LogP contribution < -0.4 is 0 Å². The summed E-state index contributed by atoms with van der Waals surface area (Å²) in [7, 11) is 1.79. The van der Waals surface area contributed by atoms with E-state index in [-0.39, 0.29) is 5.73 Å². The van der Waals surface area contributed by atoms with Crippen molar-refractivity contribution < 1.29 is 27.5 Å². The van der Waals surface area contributed by atoms with Crippen LogP contribution >= 0.6 is 0 Å². The predicted molar refractivity (Wildman–Crippen MR) is 70.6 cm³/mol. The first-order chi connectivity index (χ1) is 9.06. The van der Waals surface area contributed by atoms with Crippen LogP contribution in [0, 0.1) is 0 Å². The molecule has 1 aliphatic heterocycles. The molecule has 110 valence electrons. The predicted octanol–water partition coefficient (Wildman–Crippen LogP) is 2.30.